The largest absolute Gasteiger partial charge is 0.345 e. The normalized spacial score (nSPS) is 18.1. The van der Waals surface area contributed by atoms with E-state index in [1.165, 1.54) is 10.4 Å². The third-order valence-corrected chi connectivity index (χ3v) is 4.39. The van der Waals surface area contributed by atoms with Crippen molar-refractivity contribution < 1.29 is 4.79 Å². The van der Waals surface area contributed by atoms with Gasteiger partial charge in [-0.25, -0.2) is 0 Å². The number of aryl methyl sites for hydroxylation is 1. The van der Waals surface area contributed by atoms with Crippen LogP contribution in [0.5, 0.6) is 0 Å². The Bertz CT molecular complexity index is 547. The van der Waals surface area contributed by atoms with E-state index in [1.54, 1.807) is 11.3 Å². The Labute approximate surface area is 111 Å². The molecular formula is C15H15NOS. The van der Waals surface area contributed by atoms with Crippen LogP contribution in [0.1, 0.15) is 39.7 Å². The highest BCUT2D eigenvalue weighted by Gasteiger charge is 2.22. The van der Waals surface area contributed by atoms with Crippen LogP contribution in [0.2, 0.25) is 0 Å². The van der Waals surface area contributed by atoms with Gasteiger partial charge < -0.3 is 5.32 Å². The summed E-state index contributed by atoms with van der Waals surface area (Å²) in [4.78, 5) is 13.6. The van der Waals surface area contributed by atoms with Gasteiger partial charge in [0.2, 0.25) is 0 Å². The van der Waals surface area contributed by atoms with Gasteiger partial charge in [-0.1, -0.05) is 18.2 Å². The van der Waals surface area contributed by atoms with Crippen molar-refractivity contribution in [2.75, 3.05) is 0 Å². The quantitative estimate of drug-likeness (QED) is 0.875. The molecule has 0 spiro atoms. The Kier molecular flexibility index (Phi) is 3.15. The number of amides is 1. The van der Waals surface area contributed by atoms with Gasteiger partial charge in [-0.05, 0) is 48.4 Å². The molecule has 1 heterocycles. The fraction of sp³-hybridized carbons (Fsp3) is 0.267. The topological polar surface area (TPSA) is 29.1 Å². The SMILES string of the molecule is O=C(NC1CCCc2sccc21)c1ccccc1. The third-order valence-electron chi connectivity index (χ3n) is 3.39. The van der Waals surface area contributed by atoms with E-state index in [-0.39, 0.29) is 11.9 Å². The maximum atomic E-state index is 12.1. The Balaban J connectivity index is 1.77. The van der Waals surface area contributed by atoms with Crippen LogP contribution < -0.4 is 5.32 Å². The maximum absolute atomic E-state index is 12.1. The number of carbonyl (C=O) groups is 1. The monoisotopic (exact) mass is 257 g/mol. The van der Waals surface area contributed by atoms with Gasteiger partial charge in [0.25, 0.3) is 5.91 Å². The maximum Gasteiger partial charge on any atom is 0.251 e. The van der Waals surface area contributed by atoms with Crippen LogP contribution in [-0.4, -0.2) is 5.91 Å². The van der Waals surface area contributed by atoms with E-state index in [0.29, 0.717) is 0 Å². The first-order valence-electron chi connectivity index (χ1n) is 6.27. The van der Waals surface area contributed by atoms with Gasteiger partial charge in [0.05, 0.1) is 6.04 Å². The summed E-state index contributed by atoms with van der Waals surface area (Å²) >= 11 is 1.80. The van der Waals surface area contributed by atoms with Crippen molar-refractivity contribution in [2.24, 2.45) is 0 Å². The van der Waals surface area contributed by atoms with Gasteiger partial charge in [0, 0.05) is 10.4 Å². The second-order valence-electron chi connectivity index (χ2n) is 4.58. The Morgan fingerprint density at radius 3 is 2.89 bits per heavy atom. The number of carbonyl (C=O) groups excluding carboxylic acids is 1. The highest BCUT2D eigenvalue weighted by molar-refractivity contribution is 7.10. The highest BCUT2D eigenvalue weighted by atomic mass is 32.1. The molecule has 0 saturated carbocycles. The molecule has 1 aliphatic carbocycles. The van der Waals surface area contributed by atoms with Gasteiger partial charge >= 0.3 is 0 Å². The number of hydrogen-bond donors (Lipinski definition) is 1. The smallest absolute Gasteiger partial charge is 0.251 e. The van der Waals surface area contributed by atoms with E-state index >= 15 is 0 Å². The Morgan fingerprint density at radius 1 is 1.22 bits per heavy atom. The van der Waals surface area contributed by atoms with E-state index in [0.717, 1.165) is 24.8 Å². The summed E-state index contributed by atoms with van der Waals surface area (Å²) in [5, 5.41) is 5.27. The second-order valence-corrected chi connectivity index (χ2v) is 5.58. The zero-order chi connectivity index (χ0) is 12.4. The molecule has 1 amide bonds. The van der Waals surface area contributed by atoms with Crippen molar-refractivity contribution in [1.29, 1.82) is 0 Å². The Hall–Kier alpha value is -1.61. The van der Waals surface area contributed by atoms with E-state index in [9.17, 15) is 4.79 Å². The van der Waals surface area contributed by atoms with Crippen molar-refractivity contribution in [1.82, 2.24) is 5.32 Å². The molecule has 3 rings (SSSR count). The van der Waals surface area contributed by atoms with E-state index in [2.05, 4.69) is 16.8 Å². The number of thiophene rings is 1. The number of nitrogens with one attached hydrogen (secondary N) is 1. The van der Waals surface area contributed by atoms with Crippen molar-refractivity contribution in [3.63, 3.8) is 0 Å². The summed E-state index contributed by atoms with van der Waals surface area (Å²) in [6.07, 6.45) is 3.36. The first kappa shape index (κ1) is 11.5. The molecule has 0 radical (unpaired) electrons. The van der Waals surface area contributed by atoms with Crippen molar-refractivity contribution >= 4 is 17.2 Å². The predicted octanol–water partition coefficient (Wildman–Crippen LogP) is 3.56. The fourth-order valence-corrected chi connectivity index (χ4v) is 3.45. The average Bonchev–Trinajstić information content (AvgIpc) is 2.89. The van der Waals surface area contributed by atoms with Crippen molar-refractivity contribution in [3.05, 3.63) is 57.8 Å². The molecule has 1 aromatic carbocycles. The van der Waals surface area contributed by atoms with Crippen LogP contribution in [0.25, 0.3) is 0 Å². The molecule has 0 saturated heterocycles. The summed E-state index contributed by atoms with van der Waals surface area (Å²) in [6, 6.07) is 11.8. The van der Waals surface area contributed by atoms with Crippen LogP contribution in [0.3, 0.4) is 0 Å². The summed E-state index contributed by atoms with van der Waals surface area (Å²) in [5.41, 5.74) is 2.05. The number of hydrogen-bond acceptors (Lipinski definition) is 2. The highest BCUT2D eigenvalue weighted by Crippen LogP contribution is 2.33. The lowest BCUT2D eigenvalue weighted by atomic mass is 9.94. The van der Waals surface area contributed by atoms with E-state index < -0.39 is 0 Å². The first-order chi connectivity index (χ1) is 8.84. The molecule has 1 aromatic heterocycles. The molecule has 2 aromatic rings. The molecule has 2 nitrogen and oxygen atoms in total. The van der Waals surface area contributed by atoms with Crippen LogP contribution in [0.15, 0.2) is 41.8 Å². The van der Waals surface area contributed by atoms with Gasteiger partial charge in [-0.15, -0.1) is 11.3 Å². The van der Waals surface area contributed by atoms with Crippen LogP contribution >= 0.6 is 11.3 Å². The summed E-state index contributed by atoms with van der Waals surface area (Å²) in [6.45, 7) is 0. The van der Waals surface area contributed by atoms with Gasteiger partial charge in [0.15, 0.2) is 0 Å². The molecule has 0 bridgehead atoms. The minimum Gasteiger partial charge on any atom is -0.345 e. The minimum atomic E-state index is 0.0275. The lowest BCUT2D eigenvalue weighted by Crippen LogP contribution is -2.30. The zero-order valence-electron chi connectivity index (χ0n) is 10.1. The standard InChI is InChI=1S/C15H15NOS/c17-15(11-5-2-1-3-6-11)16-13-7-4-8-14-12(13)9-10-18-14/h1-3,5-6,9-10,13H,4,7-8H2,(H,16,17). The molecule has 18 heavy (non-hydrogen) atoms. The molecule has 0 fully saturated rings. The number of benzene rings is 1. The predicted molar refractivity (Wildman–Crippen MR) is 73.9 cm³/mol. The van der Waals surface area contributed by atoms with E-state index in [1.807, 2.05) is 30.3 Å². The van der Waals surface area contributed by atoms with E-state index in [4.69, 9.17) is 0 Å². The van der Waals surface area contributed by atoms with Crippen LogP contribution in [0, 0.1) is 0 Å². The number of rotatable bonds is 2. The lowest BCUT2D eigenvalue weighted by molar-refractivity contribution is 0.0933. The van der Waals surface area contributed by atoms with Gasteiger partial charge in [-0.3, -0.25) is 4.79 Å². The molecule has 3 heteroatoms. The summed E-state index contributed by atoms with van der Waals surface area (Å²) in [5.74, 6) is 0.0275. The molecular weight excluding hydrogens is 242 g/mol. The minimum absolute atomic E-state index is 0.0275. The third kappa shape index (κ3) is 2.18. The zero-order valence-corrected chi connectivity index (χ0v) is 10.9. The molecule has 1 N–H and O–H groups in total. The van der Waals surface area contributed by atoms with Crippen LogP contribution in [0.4, 0.5) is 0 Å². The molecule has 1 aliphatic rings. The van der Waals surface area contributed by atoms with Crippen molar-refractivity contribution in [3.8, 4) is 0 Å². The van der Waals surface area contributed by atoms with Crippen molar-refractivity contribution in [2.45, 2.75) is 25.3 Å². The first-order valence-corrected chi connectivity index (χ1v) is 7.15. The summed E-state index contributed by atoms with van der Waals surface area (Å²) < 4.78 is 0. The molecule has 1 unspecified atom stereocenters. The number of fused-ring (bicyclic) bond motifs is 1. The molecule has 1 atom stereocenters. The fourth-order valence-electron chi connectivity index (χ4n) is 2.47. The van der Waals surface area contributed by atoms with Crippen LogP contribution in [-0.2, 0) is 6.42 Å². The molecule has 0 aliphatic heterocycles. The second kappa shape index (κ2) is 4.94. The average molecular weight is 257 g/mol. The van der Waals surface area contributed by atoms with Gasteiger partial charge in [0.1, 0.15) is 0 Å². The Morgan fingerprint density at radius 2 is 2.06 bits per heavy atom. The lowest BCUT2D eigenvalue weighted by Gasteiger charge is -2.23. The molecule has 92 valence electrons. The summed E-state index contributed by atoms with van der Waals surface area (Å²) in [7, 11) is 0. The van der Waals surface area contributed by atoms with Gasteiger partial charge in [-0.2, -0.15) is 0 Å².